The van der Waals surface area contributed by atoms with E-state index in [1.165, 1.54) is 5.57 Å². The normalized spacial score (nSPS) is 15.9. The van der Waals surface area contributed by atoms with E-state index in [0.717, 1.165) is 13.0 Å². The number of carbonyl (C=O) groups is 1. The maximum atomic E-state index is 11.9. The molecule has 0 aromatic carbocycles. The van der Waals surface area contributed by atoms with Gasteiger partial charge in [-0.05, 0) is 32.0 Å². The SMILES string of the molecule is CN(C)CCOC(=O)C1=CCC(C(C)(C)C)=CC=C1. The Kier molecular flexibility index (Phi) is 5.55. The molecule has 0 saturated carbocycles. The van der Waals surface area contributed by atoms with Gasteiger partial charge in [-0.3, -0.25) is 0 Å². The molecule has 1 aliphatic rings. The molecule has 3 heteroatoms. The largest absolute Gasteiger partial charge is 0.461 e. The minimum absolute atomic E-state index is 0.130. The van der Waals surface area contributed by atoms with Gasteiger partial charge in [0.05, 0.1) is 5.57 Å². The lowest BCUT2D eigenvalue weighted by molar-refractivity contribution is -0.138. The zero-order valence-electron chi connectivity index (χ0n) is 12.7. The average molecular weight is 263 g/mol. The van der Waals surface area contributed by atoms with Crippen LogP contribution in [0, 0.1) is 5.41 Å². The van der Waals surface area contributed by atoms with Crippen LogP contribution in [-0.4, -0.2) is 38.1 Å². The Balaban J connectivity index is 2.58. The third-order valence-corrected chi connectivity index (χ3v) is 3.09. The first-order chi connectivity index (χ1) is 8.80. The molecule has 0 radical (unpaired) electrons. The maximum Gasteiger partial charge on any atom is 0.337 e. The lowest BCUT2D eigenvalue weighted by Crippen LogP contribution is -2.20. The summed E-state index contributed by atoms with van der Waals surface area (Å²) in [5, 5.41) is 0. The summed E-state index contributed by atoms with van der Waals surface area (Å²) in [5.74, 6) is -0.235. The number of likely N-dealkylation sites (N-methyl/N-ethyl adjacent to an activating group) is 1. The van der Waals surface area contributed by atoms with Crippen LogP contribution in [0.4, 0.5) is 0 Å². The summed E-state index contributed by atoms with van der Waals surface area (Å²) in [6.45, 7) is 7.72. The molecule has 0 heterocycles. The summed E-state index contributed by atoms with van der Waals surface area (Å²) >= 11 is 0. The molecule has 0 amide bonds. The van der Waals surface area contributed by atoms with Crippen molar-refractivity contribution in [3.63, 3.8) is 0 Å². The molecular weight excluding hydrogens is 238 g/mol. The summed E-state index contributed by atoms with van der Waals surface area (Å²) < 4.78 is 5.25. The topological polar surface area (TPSA) is 29.5 Å². The van der Waals surface area contributed by atoms with Crippen LogP contribution in [0.2, 0.25) is 0 Å². The number of allylic oxidation sites excluding steroid dienone is 4. The van der Waals surface area contributed by atoms with Crippen LogP contribution in [0.15, 0.2) is 35.5 Å². The standard InChI is InChI=1S/C16H25NO2/c1-16(2,3)14-8-6-7-13(9-10-14)15(18)19-12-11-17(4)5/h6-9H,10-12H2,1-5H3. The predicted molar refractivity (Wildman–Crippen MR) is 78.9 cm³/mol. The van der Waals surface area contributed by atoms with Crippen LogP contribution in [0.1, 0.15) is 27.2 Å². The van der Waals surface area contributed by atoms with Crippen molar-refractivity contribution in [3.05, 3.63) is 35.5 Å². The molecule has 0 spiro atoms. The lowest BCUT2D eigenvalue weighted by atomic mass is 9.84. The van der Waals surface area contributed by atoms with Crippen LogP contribution >= 0.6 is 0 Å². The van der Waals surface area contributed by atoms with Gasteiger partial charge in [0, 0.05) is 6.54 Å². The molecule has 1 aliphatic carbocycles. The van der Waals surface area contributed by atoms with Crippen molar-refractivity contribution in [2.45, 2.75) is 27.2 Å². The second-order valence-electron chi connectivity index (χ2n) is 6.10. The van der Waals surface area contributed by atoms with Gasteiger partial charge >= 0.3 is 5.97 Å². The monoisotopic (exact) mass is 263 g/mol. The van der Waals surface area contributed by atoms with Crippen molar-refractivity contribution >= 4 is 5.97 Å². The third-order valence-electron chi connectivity index (χ3n) is 3.09. The highest BCUT2D eigenvalue weighted by molar-refractivity contribution is 5.91. The van der Waals surface area contributed by atoms with Crippen molar-refractivity contribution in [2.24, 2.45) is 5.41 Å². The third kappa shape index (κ3) is 5.43. The molecule has 106 valence electrons. The van der Waals surface area contributed by atoms with Crippen molar-refractivity contribution in [1.29, 1.82) is 0 Å². The molecule has 0 aliphatic heterocycles. The number of carbonyl (C=O) groups excluding carboxylic acids is 1. The van der Waals surface area contributed by atoms with E-state index in [9.17, 15) is 4.79 Å². The first-order valence-electron chi connectivity index (χ1n) is 6.70. The highest BCUT2D eigenvalue weighted by Gasteiger charge is 2.18. The van der Waals surface area contributed by atoms with Gasteiger partial charge in [0.1, 0.15) is 6.61 Å². The van der Waals surface area contributed by atoms with E-state index in [1.54, 1.807) is 0 Å². The van der Waals surface area contributed by atoms with Crippen LogP contribution in [-0.2, 0) is 9.53 Å². The summed E-state index contributed by atoms with van der Waals surface area (Å²) in [5.41, 5.74) is 2.10. The number of hydrogen-bond donors (Lipinski definition) is 0. The molecule has 1 rings (SSSR count). The Hall–Kier alpha value is -1.35. The smallest absolute Gasteiger partial charge is 0.337 e. The number of esters is 1. The fourth-order valence-electron chi connectivity index (χ4n) is 1.74. The molecule has 0 saturated heterocycles. The quantitative estimate of drug-likeness (QED) is 0.730. The molecule has 0 unspecified atom stereocenters. The van der Waals surface area contributed by atoms with E-state index >= 15 is 0 Å². The van der Waals surface area contributed by atoms with Gasteiger partial charge in [0.25, 0.3) is 0 Å². The Morgan fingerprint density at radius 3 is 2.63 bits per heavy atom. The van der Waals surface area contributed by atoms with Gasteiger partial charge in [-0.1, -0.05) is 44.6 Å². The summed E-state index contributed by atoms with van der Waals surface area (Å²) in [6.07, 6.45) is 8.62. The van der Waals surface area contributed by atoms with Gasteiger partial charge < -0.3 is 9.64 Å². The van der Waals surface area contributed by atoms with Crippen LogP contribution in [0.3, 0.4) is 0 Å². The highest BCUT2D eigenvalue weighted by Crippen LogP contribution is 2.30. The zero-order chi connectivity index (χ0) is 14.5. The van der Waals surface area contributed by atoms with E-state index in [1.807, 2.05) is 37.2 Å². The number of hydrogen-bond acceptors (Lipinski definition) is 3. The second-order valence-corrected chi connectivity index (χ2v) is 6.10. The summed E-state index contributed by atoms with van der Waals surface area (Å²) in [7, 11) is 3.91. The molecule has 0 aromatic rings. The van der Waals surface area contributed by atoms with Crippen molar-refractivity contribution in [3.8, 4) is 0 Å². The van der Waals surface area contributed by atoms with E-state index < -0.39 is 0 Å². The summed E-state index contributed by atoms with van der Waals surface area (Å²) in [6, 6.07) is 0. The van der Waals surface area contributed by atoms with E-state index in [0.29, 0.717) is 12.2 Å². The second kappa shape index (κ2) is 6.71. The van der Waals surface area contributed by atoms with Gasteiger partial charge in [0.2, 0.25) is 0 Å². The zero-order valence-corrected chi connectivity index (χ0v) is 12.7. The Morgan fingerprint density at radius 1 is 1.37 bits per heavy atom. The van der Waals surface area contributed by atoms with Gasteiger partial charge in [0.15, 0.2) is 0 Å². The molecule has 0 fully saturated rings. The van der Waals surface area contributed by atoms with Crippen molar-refractivity contribution < 1.29 is 9.53 Å². The molecular formula is C16H25NO2. The first kappa shape index (κ1) is 15.7. The van der Waals surface area contributed by atoms with Crippen molar-refractivity contribution in [1.82, 2.24) is 4.90 Å². The molecule has 0 aromatic heterocycles. The maximum absolute atomic E-state index is 11.9. The van der Waals surface area contributed by atoms with Crippen molar-refractivity contribution in [2.75, 3.05) is 27.2 Å². The number of nitrogens with zero attached hydrogens (tertiary/aromatic N) is 1. The average Bonchev–Trinajstić information content (AvgIpc) is 2.52. The Labute approximate surface area is 116 Å². The fraction of sp³-hybridized carbons (Fsp3) is 0.562. The Morgan fingerprint density at radius 2 is 2.05 bits per heavy atom. The van der Waals surface area contributed by atoms with Crippen LogP contribution in [0.25, 0.3) is 0 Å². The van der Waals surface area contributed by atoms with E-state index in [4.69, 9.17) is 4.74 Å². The minimum Gasteiger partial charge on any atom is -0.461 e. The summed E-state index contributed by atoms with van der Waals surface area (Å²) in [4.78, 5) is 13.9. The predicted octanol–water partition coefficient (Wildman–Crippen LogP) is 2.95. The number of ether oxygens (including phenoxy) is 1. The Bertz CT molecular complexity index is 409. The van der Waals surface area contributed by atoms with Gasteiger partial charge in [-0.25, -0.2) is 4.79 Å². The molecule has 0 atom stereocenters. The molecule has 3 nitrogen and oxygen atoms in total. The van der Waals surface area contributed by atoms with Gasteiger partial charge in [-0.15, -0.1) is 0 Å². The molecule has 0 bridgehead atoms. The lowest BCUT2D eigenvalue weighted by Gasteiger charge is -2.21. The first-order valence-corrected chi connectivity index (χ1v) is 6.70. The van der Waals surface area contributed by atoms with E-state index in [-0.39, 0.29) is 11.4 Å². The van der Waals surface area contributed by atoms with Crippen LogP contribution in [0.5, 0.6) is 0 Å². The highest BCUT2D eigenvalue weighted by atomic mass is 16.5. The minimum atomic E-state index is -0.235. The number of rotatable bonds is 4. The molecule has 0 N–H and O–H groups in total. The fourth-order valence-corrected chi connectivity index (χ4v) is 1.74. The van der Waals surface area contributed by atoms with Gasteiger partial charge in [-0.2, -0.15) is 0 Å². The molecule has 19 heavy (non-hydrogen) atoms. The van der Waals surface area contributed by atoms with Crippen LogP contribution < -0.4 is 0 Å². The van der Waals surface area contributed by atoms with E-state index in [2.05, 4.69) is 26.8 Å².